The van der Waals surface area contributed by atoms with Gasteiger partial charge in [0, 0.05) is 32.9 Å². The number of benzene rings is 3. The molecule has 0 aliphatic rings. The van der Waals surface area contributed by atoms with Crippen LogP contribution in [0.2, 0.25) is 0 Å². The Morgan fingerprint density at radius 2 is 1.09 bits per heavy atom. The molecule has 0 saturated heterocycles. The zero-order chi connectivity index (χ0) is 43.3. The number of amides is 3. The second kappa shape index (κ2) is 21.8. The van der Waals surface area contributed by atoms with Gasteiger partial charge in [-0.3, -0.25) is 24.1 Å². The van der Waals surface area contributed by atoms with Crippen LogP contribution in [0.15, 0.2) is 72.8 Å². The number of phenols is 2. The predicted octanol–water partition coefficient (Wildman–Crippen LogP) is 3.99. The smallest absolute Gasteiger partial charge is 0.328 e. The van der Waals surface area contributed by atoms with Gasteiger partial charge in [0.15, 0.2) is 6.10 Å². The van der Waals surface area contributed by atoms with Gasteiger partial charge >= 0.3 is 11.9 Å². The van der Waals surface area contributed by atoms with Gasteiger partial charge in [-0.2, -0.15) is 0 Å². The highest BCUT2D eigenvalue weighted by Gasteiger charge is 2.40. The van der Waals surface area contributed by atoms with Crippen molar-refractivity contribution in [2.24, 2.45) is 11.8 Å². The van der Waals surface area contributed by atoms with Crippen LogP contribution >= 0.6 is 0 Å². The summed E-state index contributed by atoms with van der Waals surface area (Å²) >= 11 is 0. The topological polar surface area (TPSA) is 175 Å². The number of rotatable bonds is 20. The summed E-state index contributed by atoms with van der Waals surface area (Å²) in [6.07, 6.45) is -0.341. The van der Waals surface area contributed by atoms with Crippen molar-refractivity contribution < 1.29 is 48.4 Å². The SMILES string of the molecule is CC[C@@H](C)[C@@H](OC(=O)[C@@H](Cc1ccc(OC)cc1)N(C)C)C(=O)N[C@@H](C(=O)N(C)[C@@H](Cc1ccc(O)cc1)C(=O)N(C)[C@H](Cc1ccc(O)cc1)C(=O)OC)C(C)C. The van der Waals surface area contributed by atoms with E-state index in [1.54, 1.807) is 83.3 Å². The van der Waals surface area contributed by atoms with E-state index in [9.17, 15) is 34.2 Å². The number of aromatic hydroxyl groups is 2. The molecule has 14 heteroatoms. The number of hydrogen-bond acceptors (Lipinski definition) is 11. The molecule has 0 saturated carbocycles. The average molecular weight is 805 g/mol. The number of ether oxygens (including phenoxy) is 3. The molecule has 0 aliphatic heterocycles. The van der Waals surface area contributed by atoms with Gasteiger partial charge in [0.2, 0.25) is 11.8 Å². The molecular formula is C44H60N4O10. The normalized spacial score (nSPS) is 14.3. The second-order valence-corrected chi connectivity index (χ2v) is 15.2. The van der Waals surface area contributed by atoms with Gasteiger partial charge < -0.3 is 39.5 Å². The average Bonchev–Trinajstić information content (AvgIpc) is 3.21. The zero-order valence-electron chi connectivity index (χ0n) is 35.3. The number of likely N-dealkylation sites (N-methyl/N-ethyl adjacent to an activating group) is 3. The van der Waals surface area contributed by atoms with Crippen molar-refractivity contribution in [2.45, 2.75) is 83.6 Å². The molecule has 3 rings (SSSR count). The lowest BCUT2D eigenvalue weighted by atomic mass is 9.96. The number of hydrogen-bond donors (Lipinski definition) is 3. The van der Waals surface area contributed by atoms with Crippen LogP contribution in [0.3, 0.4) is 0 Å². The number of esters is 2. The first kappa shape index (κ1) is 46.8. The molecule has 0 fully saturated rings. The first-order chi connectivity index (χ1) is 27.4. The molecule has 14 nitrogen and oxygen atoms in total. The van der Waals surface area contributed by atoms with E-state index >= 15 is 0 Å². The third kappa shape index (κ3) is 12.7. The fraction of sp³-hybridized carbons (Fsp3) is 0.477. The Hall–Kier alpha value is -5.63. The quantitative estimate of drug-likeness (QED) is 0.141. The van der Waals surface area contributed by atoms with E-state index < -0.39 is 71.8 Å². The van der Waals surface area contributed by atoms with Crippen LogP contribution in [0.5, 0.6) is 17.2 Å². The molecule has 0 spiro atoms. The first-order valence-electron chi connectivity index (χ1n) is 19.4. The van der Waals surface area contributed by atoms with Crippen LogP contribution in [0.1, 0.15) is 50.8 Å². The van der Waals surface area contributed by atoms with Gasteiger partial charge in [-0.05, 0) is 85.9 Å². The van der Waals surface area contributed by atoms with E-state index in [1.807, 2.05) is 19.1 Å². The molecule has 0 aliphatic carbocycles. The molecule has 6 atom stereocenters. The van der Waals surface area contributed by atoms with E-state index in [0.717, 1.165) is 5.56 Å². The third-order valence-corrected chi connectivity index (χ3v) is 10.5. The lowest BCUT2D eigenvalue weighted by molar-refractivity contribution is -0.164. The van der Waals surface area contributed by atoms with Gasteiger partial charge in [-0.25, -0.2) is 4.79 Å². The van der Waals surface area contributed by atoms with Gasteiger partial charge in [0.1, 0.15) is 41.4 Å². The summed E-state index contributed by atoms with van der Waals surface area (Å²) in [6.45, 7) is 7.18. The minimum Gasteiger partial charge on any atom is -0.508 e. The summed E-state index contributed by atoms with van der Waals surface area (Å²) in [7, 11) is 9.21. The summed E-state index contributed by atoms with van der Waals surface area (Å²) in [4.78, 5) is 74.2. The van der Waals surface area contributed by atoms with Crippen LogP contribution in [0.25, 0.3) is 0 Å². The number of carbonyl (C=O) groups is 5. The Balaban J connectivity index is 1.92. The van der Waals surface area contributed by atoms with Crippen molar-refractivity contribution in [3.05, 3.63) is 89.5 Å². The number of carbonyl (C=O) groups excluding carboxylic acids is 5. The molecule has 3 amide bonds. The Kier molecular flexibility index (Phi) is 17.5. The summed E-state index contributed by atoms with van der Waals surface area (Å²) in [6, 6.07) is 15.6. The maximum atomic E-state index is 14.5. The molecule has 3 aromatic carbocycles. The maximum Gasteiger partial charge on any atom is 0.328 e. The van der Waals surface area contributed by atoms with Crippen LogP contribution in [0, 0.1) is 11.8 Å². The van der Waals surface area contributed by atoms with Gasteiger partial charge in [-0.1, -0.05) is 64.1 Å². The van der Waals surface area contributed by atoms with Gasteiger partial charge in [-0.15, -0.1) is 0 Å². The second-order valence-electron chi connectivity index (χ2n) is 15.2. The van der Waals surface area contributed by atoms with E-state index in [1.165, 1.54) is 55.3 Å². The number of methoxy groups -OCH3 is 2. The molecule has 0 radical (unpaired) electrons. The molecule has 0 unspecified atom stereocenters. The Morgan fingerprint density at radius 3 is 1.52 bits per heavy atom. The summed E-state index contributed by atoms with van der Waals surface area (Å²) < 4.78 is 16.3. The number of nitrogens with one attached hydrogen (secondary N) is 1. The summed E-state index contributed by atoms with van der Waals surface area (Å²) in [5.41, 5.74) is 2.15. The van der Waals surface area contributed by atoms with Crippen LogP contribution in [-0.4, -0.2) is 127 Å². The predicted molar refractivity (Wildman–Crippen MR) is 219 cm³/mol. The van der Waals surface area contributed by atoms with Crippen LogP contribution in [0.4, 0.5) is 0 Å². The standard InChI is InChI=1S/C44H60N4O10/c1-11-28(4)39(58-44(55)36(46(5)6)25-31-16-22-34(56-9)23-17-31)40(51)45-38(27(2)3)42(53)47(7)35(24-29-12-18-32(49)19-13-29)41(52)48(8)37(43(54)57-10)26-30-14-20-33(50)21-15-30/h12-23,27-28,35-39,49-50H,11,24-26H2,1-10H3,(H,45,51)/t28-,35+,36-,37-,38-,39-/m1/s1. The van der Waals surface area contributed by atoms with Crippen LogP contribution < -0.4 is 10.1 Å². The van der Waals surface area contributed by atoms with E-state index in [-0.39, 0.29) is 24.3 Å². The number of nitrogens with zero attached hydrogens (tertiary/aromatic N) is 3. The van der Waals surface area contributed by atoms with E-state index in [0.29, 0.717) is 29.7 Å². The van der Waals surface area contributed by atoms with Crippen molar-refractivity contribution >= 4 is 29.7 Å². The lowest BCUT2D eigenvalue weighted by Gasteiger charge is -2.36. The highest BCUT2D eigenvalue weighted by atomic mass is 16.6. The van der Waals surface area contributed by atoms with Crippen molar-refractivity contribution in [3.8, 4) is 17.2 Å². The van der Waals surface area contributed by atoms with E-state index in [4.69, 9.17) is 14.2 Å². The van der Waals surface area contributed by atoms with Gasteiger partial charge in [0.25, 0.3) is 5.91 Å². The van der Waals surface area contributed by atoms with Crippen molar-refractivity contribution in [3.63, 3.8) is 0 Å². The summed E-state index contributed by atoms with van der Waals surface area (Å²) in [5, 5.41) is 22.6. The molecular weight excluding hydrogens is 745 g/mol. The first-order valence-corrected chi connectivity index (χ1v) is 19.4. The highest BCUT2D eigenvalue weighted by molar-refractivity contribution is 5.95. The fourth-order valence-corrected chi connectivity index (χ4v) is 6.43. The molecule has 0 heterocycles. The van der Waals surface area contributed by atoms with E-state index in [2.05, 4.69) is 5.32 Å². The molecule has 3 N–H and O–H groups in total. The zero-order valence-corrected chi connectivity index (χ0v) is 35.3. The minimum absolute atomic E-state index is 0.00475. The number of phenolic OH excluding ortho intramolecular Hbond substituents is 2. The largest absolute Gasteiger partial charge is 0.508 e. The van der Waals surface area contributed by atoms with Crippen molar-refractivity contribution in [1.82, 2.24) is 20.0 Å². The molecule has 3 aromatic rings. The molecule has 0 aromatic heterocycles. The Bertz CT molecular complexity index is 1820. The van der Waals surface area contributed by atoms with Crippen molar-refractivity contribution in [1.29, 1.82) is 0 Å². The Morgan fingerprint density at radius 1 is 0.638 bits per heavy atom. The molecule has 316 valence electrons. The van der Waals surface area contributed by atoms with Gasteiger partial charge in [0.05, 0.1) is 14.2 Å². The maximum absolute atomic E-state index is 14.5. The fourth-order valence-electron chi connectivity index (χ4n) is 6.43. The summed E-state index contributed by atoms with van der Waals surface area (Å²) in [5.74, 6) is -3.22. The molecule has 0 bridgehead atoms. The Labute approximate surface area is 342 Å². The van der Waals surface area contributed by atoms with Crippen LogP contribution in [-0.2, 0) is 52.7 Å². The minimum atomic E-state index is -1.23. The monoisotopic (exact) mass is 804 g/mol. The van der Waals surface area contributed by atoms with Crippen molar-refractivity contribution in [2.75, 3.05) is 42.4 Å². The molecule has 58 heavy (non-hydrogen) atoms. The lowest BCUT2D eigenvalue weighted by Crippen LogP contribution is -2.59. The highest BCUT2D eigenvalue weighted by Crippen LogP contribution is 2.22. The third-order valence-electron chi connectivity index (χ3n) is 10.5.